The first-order valence-corrected chi connectivity index (χ1v) is 10.8. The van der Waals surface area contributed by atoms with Crippen LogP contribution < -0.4 is 10.2 Å². The molecule has 3 rings (SSSR count). The van der Waals surface area contributed by atoms with Crippen LogP contribution in [0.2, 0.25) is 0 Å². The zero-order valence-corrected chi connectivity index (χ0v) is 18.1. The van der Waals surface area contributed by atoms with Crippen molar-refractivity contribution in [2.45, 2.75) is 58.7 Å². The Hall–Kier alpha value is -1.83. The predicted octanol–water partition coefficient (Wildman–Crippen LogP) is 4.10. The molecule has 0 bridgehead atoms. The van der Waals surface area contributed by atoms with E-state index in [4.69, 9.17) is 0 Å². The van der Waals surface area contributed by atoms with Crippen LogP contribution in [0.3, 0.4) is 0 Å². The number of carbonyl (C=O) groups excluding carboxylic acids is 1. The first-order chi connectivity index (χ1) is 14.0. The molecule has 0 spiro atoms. The zero-order valence-electron chi connectivity index (χ0n) is 18.1. The van der Waals surface area contributed by atoms with Crippen molar-refractivity contribution in [3.8, 4) is 0 Å². The lowest BCUT2D eigenvalue weighted by Crippen LogP contribution is -2.50. The fourth-order valence-corrected chi connectivity index (χ4v) is 4.51. The number of rotatable bonds is 4. The van der Waals surface area contributed by atoms with E-state index in [2.05, 4.69) is 35.6 Å². The molecule has 2 aliphatic heterocycles. The Morgan fingerprint density at radius 2 is 1.83 bits per heavy atom. The van der Waals surface area contributed by atoms with Crippen molar-refractivity contribution in [2.75, 3.05) is 37.6 Å². The smallest absolute Gasteiger partial charge is 0.370 e. The average Bonchev–Trinajstić information content (AvgIpc) is 2.71. The molecular formula is C22H33F3N4O. The maximum atomic E-state index is 12.2. The van der Waals surface area contributed by atoms with Crippen molar-refractivity contribution < 1.29 is 18.0 Å². The minimum atomic E-state index is -4.43. The van der Waals surface area contributed by atoms with Crippen LogP contribution in [0.15, 0.2) is 18.3 Å². The second kappa shape index (κ2) is 9.12. The number of hydrogen-bond donors (Lipinski definition) is 1. The summed E-state index contributed by atoms with van der Waals surface area (Å²) in [6.45, 7) is 9.86. The maximum Gasteiger partial charge on any atom is 0.405 e. The van der Waals surface area contributed by atoms with Gasteiger partial charge in [0.2, 0.25) is 0 Å². The van der Waals surface area contributed by atoms with E-state index < -0.39 is 18.6 Å². The van der Waals surface area contributed by atoms with Gasteiger partial charge in [0.15, 0.2) is 0 Å². The van der Waals surface area contributed by atoms with Gasteiger partial charge in [-0.2, -0.15) is 13.2 Å². The van der Waals surface area contributed by atoms with Gasteiger partial charge >= 0.3 is 6.18 Å². The molecule has 1 aromatic heterocycles. The Morgan fingerprint density at radius 3 is 2.40 bits per heavy atom. The number of pyridine rings is 1. The molecule has 0 aliphatic carbocycles. The molecule has 0 radical (unpaired) electrons. The van der Waals surface area contributed by atoms with Crippen LogP contribution in [0.1, 0.15) is 56.9 Å². The van der Waals surface area contributed by atoms with Crippen LogP contribution in [0.25, 0.3) is 0 Å². The number of aromatic nitrogens is 1. The van der Waals surface area contributed by atoms with Crippen molar-refractivity contribution in [1.82, 2.24) is 15.2 Å². The van der Waals surface area contributed by atoms with Crippen LogP contribution in [-0.2, 0) is 0 Å². The molecule has 1 N–H and O–H groups in total. The van der Waals surface area contributed by atoms with Gasteiger partial charge in [0.05, 0.1) is 11.9 Å². The van der Waals surface area contributed by atoms with Gasteiger partial charge in [-0.05, 0) is 55.7 Å². The van der Waals surface area contributed by atoms with E-state index in [1.54, 1.807) is 12.3 Å². The molecule has 168 valence electrons. The Kier molecular flexibility index (Phi) is 6.95. The number of nitrogens with zero attached hydrogens (tertiary/aromatic N) is 3. The topological polar surface area (TPSA) is 48.5 Å². The standard InChI is InChI=1S/C22H33F3N4O/c1-21(2,3)16-5-4-10-29(14-16)17-8-11-28(12-9-17)18-6-7-19(26-13-18)20(30)27-15-22(23,24)25/h6-7,13,16-17H,4-5,8-12,14-15H2,1-3H3,(H,27,30). The SMILES string of the molecule is CC(C)(C)C1CCCN(C2CCN(c3ccc(C(=O)NCC(F)(F)F)nc3)CC2)C1. The number of amides is 1. The Labute approximate surface area is 177 Å². The molecule has 2 fully saturated rings. The Bertz CT molecular complexity index is 707. The summed E-state index contributed by atoms with van der Waals surface area (Å²) in [5.74, 6) is -0.0689. The minimum absolute atomic E-state index is 0.000533. The van der Waals surface area contributed by atoms with E-state index in [-0.39, 0.29) is 5.69 Å². The fourth-order valence-electron chi connectivity index (χ4n) is 4.51. The van der Waals surface area contributed by atoms with E-state index in [0.29, 0.717) is 11.5 Å². The lowest BCUT2D eigenvalue weighted by Gasteiger charge is -2.45. The number of halogens is 3. The van der Waals surface area contributed by atoms with Gasteiger partial charge in [-0.3, -0.25) is 9.69 Å². The highest BCUT2D eigenvalue weighted by Gasteiger charge is 2.33. The summed E-state index contributed by atoms with van der Waals surface area (Å²) in [4.78, 5) is 20.8. The molecule has 5 nitrogen and oxygen atoms in total. The van der Waals surface area contributed by atoms with Gasteiger partial charge in [-0.1, -0.05) is 20.8 Å². The molecule has 30 heavy (non-hydrogen) atoms. The maximum absolute atomic E-state index is 12.2. The molecule has 0 aromatic carbocycles. The second-order valence-corrected chi connectivity index (χ2v) is 9.62. The van der Waals surface area contributed by atoms with Crippen LogP contribution >= 0.6 is 0 Å². The third-order valence-corrected chi connectivity index (χ3v) is 6.45. The van der Waals surface area contributed by atoms with Gasteiger partial charge in [-0.25, -0.2) is 4.98 Å². The largest absolute Gasteiger partial charge is 0.405 e. The molecule has 3 heterocycles. The number of alkyl halides is 3. The van der Waals surface area contributed by atoms with Crippen molar-refractivity contribution in [3.05, 3.63) is 24.0 Å². The Balaban J connectivity index is 1.51. The lowest BCUT2D eigenvalue weighted by molar-refractivity contribution is -0.123. The minimum Gasteiger partial charge on any atom is -0.370 e. The first-order valence-electron chi connectivity index (χ1n) is 10.8. The Morgan fingerprint density at radius 1 is 1.13 bits per heavy atom. The number of carbonyl (C=O) groups is 1. The van der Waals surface area contributed by atoms with Crippen LogP contribution in [0.5, 0.6) is 0 Å². The molecular weight excluding hydrogens is 393 g/mol. The van der Waals surface area contributed by atoms with Gasteiger partial charge in [-0.15, -0.1) is 0 Å². The summed E-state index contributed by atoms with van der Waals surface area (Å²) in [5, 5.41) is 1.85. The van der Waals surface area contributed by atoms with Crippen molar-refractivity contribution in [3.63, 3.8) is 0 Å². The van der Waals surface area contributed by atoms with E-state index in [1.807, 2.05) is 5.32 Å². The number of piperidine rings is 2. The summed E-state index contributed by atoms with van der Waals surface area (Å²) in [5.41, 5.74) is 1.26. The van der Waals surface area contributed by atoms with Gasteiger partial charge in [0, 0.05) is 25.7 Å². The summed E-state index contributed by atoms with van der Waals surface area (Å²) >= 11 is 0. The third-order valence-electron chi connectivity index (χ3n) is 6.45. The third kappa shape index (κ3) is 6.09. The molecule has 2 saturated heterocycles. The average molecular weight is 427 g/mol. The number of hydrogen-bond acceptors (Lipinski definition) is 4. The number of anilines is 1. The number of likely N-dealkylation sites (tertiary alicyclic amines) is 1. The van der Waals surface area contributed by atoms with E-state index >= 15 is 0 Å². The first kappa shape index (κ1) is 22.8. The van der Waals surface area contributed by atoms with Crippen molar-refractivity contribution in [2.24, 2.45) is 11.3 Å². The summed E-state index contributed by atoms with van der Waals surface area (Å²) in [7, 11) is 0. The van der Waals surface area contributed by atoms with Crippen LogP contribution in [-0.4, -0.2) is 60.7 Å². The summed E-state index contributed by atoms with van der Waals surface area (Å²) in [6, 6.07) is 3.87. The molecule has 1 atom stereocenters. The quantitative estimate of drug-likeness (QED) is 0.788. The lowest BCUT2D eigenvalue weighted by atomic mass is 9.76. The van der Waals surface area contributed by atoms with Crippen LogP contribution in [0, 0.1) is 11.3 Å². The predicted molar refractivity (Wildman–Crippen MR) is 112 cm³/mol. The molecule has 1 aromatic rings. The highest BCUT2D eigenvalue weighted by atomic mass is 19.4. The molecule has 1 amide bonds. The summed E-state index contributed by atoms with van der Waals surface area (Å²) < 4.78 is 36.7. The van der Waals surface area contributed by atoms with Crippen molar-refractivity contribution in [1.29, 1.82) is 0 Å². The van der Waals surface area contributed by atoms with Crippen LogP contribution in [0.4, 0.5) is 18.9 Å². The molecule has 2 aliphatic rings. The monoisotopic (exact) mass is 426 g/mol. The normalized spacial score (nSPS) is 22.2. The highest BCUT2D eigenvalue weighted by Crippen LogP contribution is 2.35. The number of nitrogens with one attached hydrogen (secondary N) is 1. The molecule has 1 unspecified atom stereocenters. The van der Waals surface area contributed by atoms with E-state index in [0.717, 1.165) is 37.5 Å². The van der Waals surface area contributed by atoms with Crippen molar-refractivity contribution >= 4 is 11.6 Å². The van der Waals surface area contributed by atoms with Gasteiger partial charge in [0.1, 0.15) is 12.2 Å². The molecule has 0 saturated carbocycles. The van der Waals surface area contributed by atoms with Gasteiger partial charge < -0.3 is 10.2 Å². The fraction of sp³-hybridized carbons (Fsp3) is 0.727. The second-order valence-electron chi connectivity index (χ2n) is 9.62. The summed E-state index contributed by atoms with van der Waals surface area (Å²) in [6.07, 6.45) is 1.91. The van der Waals surface area contributed by atoms with Gasteiger partial charge in [0.25, 0.3) is 5.91 Å². The zero-order chi connectivity index (χ0) is 21.9. The highest BCUT2D eigenvalue weighted by molar-refractivity contribution is 5.92. The molecule has 8 heteroatoms. The van der Waals surface area contributed by atoms with E-state index in [1.165, 1.54) is 32.0 Å². The van der Waals surface area contributed by atoms with E-state index in [9.17, 15) is 18.0 Å².